The van der Waals surface area contributed by atoms with Crippen LogP contribution in [0.1, 0.15) is 19.3 Å². The van der Waals surface area contributed by atoms with Crippen LogP contribution in [-0.2, 0) is 9.84 Å². The molecule has 2 unspecified atom stereocenters. The van der Waals surface area contributed by atoms with Gasteiger partial charge in [0.05, 0.1) is 32.1 Å². The summed E-state index contributed by atoms with van der Waals surface area (Å²) >= 11 is 6.22. The fraction of sp³-hybridized carbons (Fsp3) is 0.300. The van der Waals surface area contributed by atoms with Gasteiger partial charge in [0, 0.05) is 0 Å². The summed E-state index contributed by atoms with van der Waals surface area (Å²) in [6.45, 7) is 0. The van der Waals surface area contributed by atoms with E-state index in [2.05, 4.69) is 15.1 Å². The van der Waals surface area contributed by atoms with Gasteiger partial charge in [-0.15, -0.1) is 24.8 Å². The third-order valence-electron chi connectivity index (χ3n) is 5.17. The van der Waals surface area contributed by atoms with Gasteiger partial charge in [0.15, 0.2) is 9.84 Å². The molecule has 0 saturated heterocycles. The summed E-state index contributed by atoms with van der Waals surface area (Å²) in [6.07, 6.45) is -2.06. The van der Waals surface area contributed by atoms with Gasteiger partial charge in [0.2, 0.25) is 0 Å². The second kappa shape index (κ2) is 8.28. The lowest BCUT2D eigenvalue weighted by Gasteiger charge is -2.19. The van der Waals surface area contributed by atoms with Crippen LogP contribution in [0.25, 0.3) is 10.9 Å². The summed E-state index contributed by atoms with van der Waals surface area (Å²) in [5.74, 6) is -0.570. The fourth-order valence-electron chi connectivity index (χ4n) is 3.71. The van der Waals surface area contributed by atoms with E-state index in [1.165, 1.54) is 18.2 Å². The first kappa shape index (κ1) is 22.4. The van der Waals surface area contributed by atoms with E-state index in [9.17, 15) is 26.4 Å². The zero-order valence-electron chi connectivity index (χ0n) is 16.3. The molecule has 1 saturated carbocycles. The highest BCUT2D eigenvalue weighted by atomic mass is 35.5. The predicted molar refractivity (Wildman–Crippen MR) is 113 cm³/mol. The standard InChI is InChI=1S/C20H17ClF3N3O4S/c21-14-4-3-7-17(14)32(29,30)18-6-2-1-5-16(18)26-27-11-25-15-9-8-12(31-20(22,23)24)10-13(15)19(27)28/h1-2,5-6,8-11,14,17,26H,3-4,7H2. The van der Waals surface area contributed by atoms with E-state index in [-0.39, 0.29) is 21.5 Å². The van der Waals surface area contributed by atoms with Gasteiger partial charge in [-0.2, -0.15) is 0 Å². The Kier molecular flexibility index (Phi) is 5.80. The van der Waals surface area contributed by atoms with Gasteiger partial charge in [0.1, 0.15) is 12.1 Å². The molecule has 1 fully saturated rings. The van der Waals surface area contributed by atoms with Crippen molar-refractivity contribution < 1.29 is 26.3 Å². The van der Waals surface area contributed by atoms with E-state index in [1.807, 2.05) is 0 Å². The molecule has 170 valence electrons. The molecule has 12 heteroatoms. The Morgan fingerprint density at radius 3 is 2.59 bits per heavy atom. The van der Waals surface area contributed by atoms with E-state index in [0.717, 1.165) is 23.1 Å². The number of aromatic nitrogens is 2. The van der Waals surface area contributed by atoms with E-state index >= 15 is 0 Å². The summed E-state index contributed by atoms with van der Waals surface area (Å²) in [5, 5.41) is -1.40. The minimum Gasteiger partial charge on any atom is -0.406 e. The predicted octanol–water partition coefficient (Wildman–Crippen LogP) is 4.10. The van der Waals surface area contributed by atoms with Gasteiger partial charge >= 0.3 is 6.36 Å². The highest BCUT2D eigenvalue weighted by Gasteiger charge is 2.38. The van der Waals surface area contributed by atoms with E-state index < -0.39 is 38.1 Å². The van der Waals surface area contributed by atoms with Crippen LogP contribution in [0.3, 0.4) is 0 Å². The maximum absolute atomic E-state index is 13.2. The zero-order valence-corrected chi connectivity index (χ0v) is 17.9. The Morgan fingerprint density at radius 1 is 1.16 bits per heavy atom. The van der Waals surface area contributed by atoms with Gasteiger partial charge < -0.3 is 4.74 Å². The van der Waals surface area contributed by atoms with Gasteiger partial charge in [0.25, 0.3) is 5.56 Å². The average Bonchev–Trinajstić information content (AvgIpc) is 3.16. The molecule has 0 radical (unpaired) electrons. The Balaban J connectivity index is 1.73. The number of fused-ring (bicyclic) bond motifs is 1. The number of halogens is 4. The van der Waals surface area contributed by atoms with Crippen molar-refractivity contribution in [3.63, 3.8) is 0 Å². The normalized spacial score (nSPS) is 19.2. The number of nitrogens with one attached hydrogen (secondary N) is 1. The zero-order chi connectivity index (χ0) is 23.1. The van der Waals surface area contributed by atoms with Crippen molar-refractivity contribution in [3.8, 4) is 5.75 Å². The summed E-state index contributed by atoms with van der Waals surface area (Å²) in [4.78, 5) is 16.9. The number of rotatable bonds is 5. The molecule has 4 rings (SSSR count). The molecule has 0 aliphatic heterocycles. The van der Waals surface area contributed by atoms with Crippen LogP contribution in [0.2, 0.25) is 0 Å². The van der Waals surface area contributed by atoms with E-state index in [4.69, 9.17) is 11.6 Å². The number of ether oxygens (including phenoxy) is 1. The van der Waals surface area contributed by atoms with Crippen LogP contribution in [0, 0.1) is 0 Å². The first-order valence-electron chi connectivity index (χ1n) is 9.57. The quantitative estimate of drug-likeness (QED) is 0.545. The number of alkyl halides is 4. The second-order valence-corrected chi connectivity index (χ2v) is 9.98. The van der Waals surface area contributed by atoms with Gasteiger partial charge in [-0.3, -0.25) is 10.2 Å². The van der Waals surface area contributed by atoms with E-state index in [1.54, 1.807) is 12.1 Å². The van der Waals surface area contributed by atoms with Crippen LogP contribution < -0.4 is 15.7 Å². The maximum atomic E-state index is 13.2. The number of hydrogen-bond donors (Lipinski definition) is 1. The van der Waals surface area contributed by atoms with Crippen LogP contribution in [0.5, 0.6) is 5.75 Å². The Hall–Kier alpha value is -2.79. The molecule has 0 bridgehead atoms. The molecule has 2 atom stereocenters. The SMILES string of the molecule is O=c1c2cc(OC(F)(F)F)ccc2ncn1Nc1ccccc1S(=O)(=O)C1CCCC1Cl. The fourth-order valence-corrected chi connectivity index (χ4v) is 6.41. The average molecular weight is 488 g/mol. The molecule has 0 spiro atoms. The minimum atomic E-state index is -4.92. The van der Waals surface area contributed by atoms with Crippen molar-refractivity contribution in [2.24, 2.45) is 0 Å². The number of anilines is 1. The van der Waals surface area contributed by atoms with Crippen molar-refractivity contribution >= 4 is 38.0 Å². The molecular formula is C20H17ClF3N3O4S. The number of nitrogens with zero attached hydrogens (tertiary/aromatic N) is 2. The monoisotopic (exact) mass is 487 g/mol. The topological polar surface area (TPSA) is 90.3 Å². The van der Waals surface area contributed by atoms with Crippen molar-refractivity contribution in [2.45, 2.75) is 41.1 Å². The Morgan fingerprint density at radius 2 is 1.91 bits per heavy atom. The lowest BCUT2D eigenvalue weighted by Crippen LogP contribution is -2.30. The summed E-state index contributed by atoms with van der Waals surface area (Å²) in [6, 6.07) is 9.23. The lowest BCUT2D eigenvalue weighted by molar-refractivity contribution is -0.274. The van der Waals surface area contributed by atoms with Crippen molar-refractivity contribution in [1.82, 2.24) is 9.66 Å². The van der Waals surface area contributed by atoms with Crippen LogP contribution in [0.4, 0.5) is 18.9 Å². The molecular weight excluding hydrogens is 471 g/mol. The van der Waals surface area contributed by atoms with Crippen molar-refractivity contribution in [1.29, 1.82) is 0 Å². The van der Waals surface area contributed by atoms with Gasteiger partial charge in [-0.05, 0) is 43.2 Å². The number of para-hydroxylation sites is 1. The molecule has 7 nitrogen and oxygen atoms in total. The molecule has 1 heterocycles. The summed E-state index contributed by atoms with van der Waals surface area (Å²) < 4.78 is 68.7. The molecule has 1 N–H and O–H groups in total. The highest BCUT2D eigenvalue weighted by Crippen LogP contribution is 2.36. The third-order valence-corrected chi connectivity index (χ3v) is 8.17. The maximum Gasteiger partial charge on any atom is 0.573 e. The Labute approximate surface area is 185 Å². The van der Waals surface area contributed by atoms with Crippen molar-refractivity contribution in [2.75, 3.05) is 5.43 Å². The van der Waals surface area contributed by atoms with Crippen molar-refractivity contribution in [3.05, 3.63) is 59.1 Å². The van der Waals surface area contributed by atoms with Crippen LogP contribution in [0.15, 0.2) is 58.5 Å². The molecule has 32 heavy (non-hydrogen) atoms. The molecule has 3 aromatic rings. The number of hydrogen-bond acceptors (Lipinski definition) is 6. The first-order valence-corrected chi connectivity index (χ1v) is 11.6. The summed E-state index contributed by atoms with van der Waals surface area (Å²) in [7, 11) is -3.80. The second-order valence-electron chi connectivity index (χ2n) is 7.28. The van der Waals surface area contributed by atoms with Crippen LogP contribution >= 0.6 is 11.6 Å². The molecule has 0 amide bonds. The van der Waals surface area contributed by atoms with Gasteiger partial charge in [-0.1, -0.05) is 18.6 Å². The molecule has 1 aliphatic carbocycles. The largest absolute Gasteiger partial charge is 0.573 e. The van der Waals surface area contributed by atoms with Gasteiger partial charge in [-0.25, -0.2) is 18.1 Å². The van der Waals surface area contributed by atoms with E-state index in [0.29, 0.717) is 19.3 Å². The third kappa shape index (κ3) is 4.40. The first-order chi connectivity index (χ1) is 15.1. The molecule has 1 aromatic heterocycles. The highest BCUT2D eigenvalue weighted by molar-refractivity contribution is 7.92. The number of sulfone groups is 1. The molecule has 2 aromatic carbocycles. The van der Waals surface area contributed by atoms with Crippen LogP contribution in [-0.4, -0.2) is 35.1 Å². The summed E-state index contributed by atoms with van der Waals surface area (Å²) in [5.41, 5.74) is 2.24. The smallest absolute Gasteiger partial charge is 0.406 e. The minimum absolute atomic E-state index is 0.0290. The number of benzene rings is 2. The molecule has 1 aliphatic rings. The Bertz CT molecular complexity index is 1330. The lowest BCUT2D eigenvalue weighted by atomic mass is 10.2.